The molecular weight excluding hydrogens is 240 g/mol. The minimum absolute atomic E-state index is 0.0790. The molecule has 0 aliphatic heterocycles. The van der Waals surface area contributed by atoms with Gasteiger partial charge in [-0.1, -0.05) is 6.07 Å². The number of carbonyl (C=O) groups excluding carboxylic acids is 1. The first kappa shape index (κ1) is 13.9. The standard InChI is InChI=1S/C15H22N2O2/c1-10-6-7-13(8-11(10)2)17-15(19)16-12-4-3-5-14(18)9-12/h6-8,12,14,18H,3-5,9H2,1-2H3,(H2,16,17,19)/t12-,14-/m1/s1. The summed E-state index contributed by atoms with van der Waals surface area (Å²) in [6.45, 7) is 4.07. The highest BCUT2D eigenvalue weighted by Crippen LogP contribution is 2.19. The molecule has 2 rings (SSSR count). The Kier molecular flexibility index (Phi) is 4.43. The Morgan fingerprint density at radius 2 is 2.05 bits per heavy atom. The lowest BCUT2D eigenvalue weighted by molar-refractivity contribution is 0.114. The molecule has 0 spiro atoms. The lowest BCUT2D eigenvalue weighted by Gasteiger charge is -2.26. The topological polar surface area (TPSA) is 61.4 Å². The molecule has 2 atom stereocenters. The number of aliphatic hydroxyl groups is 1. The van der Waals surface area contributed by atoms with E-state index < -0.39 is 0 Å². The van der Waals surface area contributed by atoms with Gasteiger partial charge in [0, 0.05) is 11.7 Å². The van der Waals surface area contributed by atoms with Gasteiger partial charge in [-0.3, -0.25) is 0 Å². The number of rotatable bonds is 2. The third kappa shape index (κ3) is 3.96. The smallest absolute Gasteiger partial charge is 0.319 e. The monoisotopic (exact) mass is 262 g/mol. The van der Waals surface area contributed by atoms with Crippen LogP contribution >= 0.6 is 0 Å². The summed E-state index contributed by atoms with van der Waals surface area (Å²) in [6, 6.07) is 5.75. The zero-order valence-electron chi connectivity index (χ0n) is 11.6. The molecule has 0 saturated heterocycles. The molecule has 0 heterocycles. The summed E-state index contributed by atoms with van der Waals surface area (Å²) < 4.78 is 0. The maximum absolute atomic E-state index is 11.9. The Morgan fingerprint density at radius 3 is 2.74 bits per heavy atom. The van der Waals surface area contributed by atoms with E-state index in [9.17, 15) is 9.90 Å². The second-order valence-corrected chi connectivity index (χ2v) is 5.41. The number of carbonyl (C=O) groups is 1. The molecule has 1 aromatic carbocycles. The molecule has 0 radical (unpaired) electrons. The number of aryl methyl sites for hydroxylation is 2. The summed E-state index contributed by atoms with van der Waals surface area (Å²) in [6.07, 6.45) is 3.13. The zero-order chi connectivity index (χ0) is 13.8. The van der Waals surface area contributed by atoms with Crippen molar-refractivity contribution < 1.29 is 9.90 Å². The third-order valence-electron chi connectivity index (χ3n) is 3.75. The molecule has 4 nitrogen and oxygen atoms in total. The average molecular weight is 262 g/mol. The van der Waals surface area contributed by atoms with E-state index in [-0.39, 0.29) is 18.2 Å². The van der Waals surface area contributed by atoms with Crippen LogP contribution in [-0.2, 0) is 0 Å². The highest BCUT2D eigenvalue weighted by atomic mass is 16.3. The Bertz CT molecular complexity index is 459. The molecule has 2 amide bonds. The van der Waals surface area contributed by atoms with E-state index in [1.807, 2.05) is 32.0 Å². The molecule has 1 aliphatic rings. The van der Waals surface area contributed by atoms with Crippen LogP contribution in [0.15, 0.2) is 18.2 Å². The number of hydrogen-bond acceptors (Lipinski definition) is 2. The van der Waals surface area contributed by atoms with E-state index in [2.05, 4.69) is 10.6 Å². The normalized spacial score (nSPS) is 22.9. The molecule has 0 bridgehead atoms. The van der Waals surface area contributed by atoms with Gasteiger partial charge in [-0.05, 0) is 62.8 Å². The molecule has 0 unspecified atom stereocenters. The largest absolute Gasteiger partial charge is 0.393 e. The number of hydrogen-bond donors (Lipinski definition) is 3. The first-order valence-electron chi connectivity index (χ1n) is 6.87. The molecular formula is C15H22N2O2. The van der Waals surface area contributed by atoms with Gasteiger partial charge in [0.25, 0.3) is 0 Å². The van der Waals surface area contributed by atoms with Crippen LogP contribution in [0.25, 0.3) is 0 Å². The number of amides is 2. The van der Waals surface area contributed by atoms with Gasteiger partial charge in [-0.25, -0.2) is 4.79 Å². The number of benzene rings is 1. The molecule has 104 valence electrons. The predicted octanol–water partition coefficient (Wildman–Crippen LogP) is 2.73. The van der Waals surface area contributed by atoms with Gasteiger partial charge in [0.2, 0.25) is 0 Å². The van der Waals surface area contributed by atoms with Gasteiger partial charge in [0.1, 0.15) is 0 Å². The van der Waals surface area contributed by atoms with E-state index in [0.717, 1.165) is 30.5 Å². The third-order valence-corrected chi connectivity index (χ3v) is 3.75. The van der Waals surface area contributed by atoms with E-state index in [4.69, 9.17) is 0 Å². The SMILES string of the molecule is Cc1ccc(NC(=O)N[C@@H]2CCC[C@@H](O)C2)cc1C. The Hall–Kier alpha value is -1.55. The predicted molar refractivity (Wildman–Crippen MR) is 76.3 cm³/mol. The summed E-state index contributed by atoms with van der Waals surface area (Å²) in [5.41, 5.74) is 3.17. The second-order valence-electron chi connectivity index (χ2n) is 5.41. The van der Waals surface area contributed by atoms with Crippen LogP contribution in [0.2, 0.25) is 0 Å². The summed E-state index contributed by atoms with van der Waals surface area (Å²) in [4.78, 5) is 11.9. The Morgan fingerprint density at radius 1 is 1.26 bits per heavy atom. The van der Waals surface area contributed by atoms with Gasteiger partial charge in [0.15, 0.2) is 0 Å². The second kappa shape index (κ2) is 6.06. The fraction of sp³-hybridized carbons (Fsp3) is 0.533. The van der Waals surface area contributed by atoms with Crippen molar-refractivity contribution in [3.05, 3.63) is 29.3 Å². The van der Waals surface area contributed by atoms with Crippen LogP contribution < -0.4 is 10.6 Å². The summed E-state index contributed by atoms with van der Waals surface area (Å²) in [5, 5.41) is 15.3. The average Bonchev–Trinajstić information content (AvgIpc) is 2.34. The van der Waals surface area contributed by atoms with Crippen molar-refractivity contribution in [1.82, 2.24) is 5.32 Å². The van der Waals surface area contributed by atoms with E-state index >= 15 is 0 Å². The maximum atomic E-state index is 11.9. The molecule has 19 heavy (non-hydrogen) atoms. The number of anilines is 1. The van der Waals surface area contributed by atoms with Crippen LogP contribution in [0.1, 0.15) is 36.8 Å². The molecule has 4 heteroatoms. The quantitative estimate of drug-likeness (QED) is 0.767. The van der Waals surface area contributed by atoms with Gasteiger partial charge >= 0.3 is 6.03 Å². The van der Waals surface area contributed by atoms with Crippen molar-refractivity contribution in [2.45, 2.75) is 51.7 Å². The van der Waals surface area contributed by atoms with Crippen molar-refractivity contribution >= 4 is 11.7 Å². The van der Waals surface area contributed by atoms with Crippen LogP contribution in [-0.4, -0.2) is 23.3 Å². The molecule has 0 aromatic heterocycles. The van der Waals surface area contributed by atoms with E-state index in [1.54, 1.807) is 0 Å². The first-order valence-corrected chi connectivity index (χ1v) is 6.87. The van der Waals surface area contributed by atoms with E-state index in [1.165, 1.54) is 5.56 Å². The van der Waals surface area contributed by atoms with Gasteiger partial charge in [0.05, 0.1) is 6.10 Å². The van der Waals surface area contributed by atoms with Crippen molar-refractivity contribution in [2.24, 2.45) is 0 Å². The lowest BCUT2D eigenvalue weighted by atomic mass is 9.93. The van der Waals surface area contributed by atoms with Crippen LogP contribution in [0, 0.1) is 13.8 Å². The highest BCUT2D eigenvalue weighted by Gasteiger charge is 2.21. The minimum Gasteiger partial charge on any atom is -0.393 e. The van der Waals surface area contributed by atoms with Crippen molar-refractivity contribution in [3.63, 3.8) is 0 Å². The molecule has 3 N–H and O–H groups in total. The van der Waals surface area contributed by atoms with E-state index in [0.29, 0.717) is 6.42 Å². The number of aliphatic hydroxyl groups excluding tert-OH is 1. The van der Waals surface area contributed by atoms with Crippen LogP contribution in [0.5, 0.6) is 0 Å². The number of urea groups is 1. The Labute approximate surface area is 114 Å². The van der Waals surface area contributed by atoms with Crippen molar-refractivity contribution in [2.75, 3.05) is 5.32 Å². The fourth-order valence-electron chi connectivity index (χ4n) is 2.47. The maximum Gasteiger partial charge on any atom is 0.319 e. The van der Waals surface area contributed by atoms with Crippen LogP contribution in [0.3, 0.4) is 0 Å². The van der Waals surface area contributed by atoms with Crippen molar-refractivity contribution in [3.8, 4) is 0 Å². The summed E-state index contributed by atoms with van der Waals surface area (Å²) in [7, 11) is 0. The van der Waals surface area contributed by atoms with Gasteiger partial charge < -0.3 is 15.7 Å². The Balaban J connectivity index is 1.88. The molecule has 1 fully saturated rings. The molecule has 1 aliphatic carbocycles. The lowest BCUT2D eigenvalue weighted by Crippen LogP contribution is -2.41. The zero-order valence-corrected chi connectivity index (χ0v) is 11.6. The molecule has 1 aromatic rings. The number of nitrogens with one attached hydrogen (secondary N) is 2. The summed E-state index contributed by atoms with van der Waals surface area (Å²) in [5.74, 6) is 0. The highest BCUT2D eigenvalue weighted by molar-refractivity contribution is 5.89. The fourth-order valence-corrected chi connectivity index (χ4v) is 2.47. The molecule has 1 saturated carbocycles. The summed E-state index contributed by atoms with van der Waals surface area (Å²) >= 11 is 0. The minimum atomic E-state index is -0.277. The van der Waals surface area contributed by atoms with Gasteiger partial charge in [-0.15, -0.1) is 0 Å². The van der Waals surface area contributed by atoms with Crippen molar-refractivity contribution in [1.29, 1.82) is 0 Å². The van der Waals surface area contributed by atoms with Crippen LogP contribution in [0.4, 0.5) is 10.5 Å². The first-order chi connectivity index (χ1) is 9.04. The van der Waals surface area contributed by atoms with Gasteiger partial charge in [-0.2, -0.15) is 0 Å².